The summed E-state index contributed by atoms with van der Waals surface area (Å²) in [6.07, 6.45) is 4.24. The lowest BCUT2D eigenvalue weighted by Gasteiger charge is -2.07. The molecule has 1 aromatic rings. The molecule has 11 heavy (non-hydrogen) atoms. The van der Waals surface area contributed by atoms with E-state index in [2.05, 4.69) is 18.8 Å². The molecule has 0 spiro atoms. The molecule has 1 rings (SSSR count). The Balaban J connectivity index is 2.73. The van der Waals surface area contributed by atoms with E-state index in [0.717, 1.165) is 0 Å². The van der Waals surface area contributed by atoms with Crippen LogP contribution >= 0.6 is 22.9 Å². The van der Waals surface area contributed by atoms with E-state index < -0.39 is 0 Å². The zero-order chi connectivity index (χ0) is 8.27. The van der Waals surface area contributed by atoms with Crippen molar-refractivity contribution in [3.8, 4) is 0 Å². The van der Waals surface area contributed by atoms with Gasteiger partial charge in [-0.2, -0.15) is 0 Å². The van der Waals surface area contributed by atoms with Crippen molar-refractivity contribution in [3.05, 3.63) is 15.5 Å². The quantitative estimate of drug-likeness (QED) is 0.707. The summed E-state index contributed by atoms with van der Waals surface area (Å²) in [4.78, 5) is 5.34. The molecule has 1 aromatic heterocycles. The van der Waals surface area contributed by atoms with Crippen LogP contribution in [0.5, 0.6) is 0 Å². The molecule has 0 unspecified atom stereocenters. The minimum Gasteiger partial charge on any atom is -0.233 e. The molecule has 0 aromatic carbocycles. The Kier molecular flexibility index (Phi) is 3.34. The minimum absolute atomic E-state index is 0.653. The van der Waals surface area contributed by atoms with Gasteiger partial charge in [0.1, 0.15) is 0 Å². The van der Waals surface area contributed by atoms with Crippen LogP contribution in [0.1, 0.15) is 37.5 Å². The lowest BCUT2D eigenvalue weighted by Crippen LogP contribution is -1.90. The van der Waals surface area contributed by atoms with E-state index in [1.165, 1.54) is 17.7 Å². The van der Waals surface area contributed by atoms with E-state index >= 15 is 0 Å². The molecule has 0 aliphatic heterocycles. The van der Waals surface area contributed by atoms with Crippen LogP contribution in [0.25, 0.3) is 0 Å². The van der Waals surface area contributed by atoms with Crippen LogP contribution in [0.15, 0.2) is 6.20 Å². The average molecular weight is 190 g/mol. The molecule has 3 heteroatoms. The Hall–Kier alpha value is -0.0800. The lowest BCUT2D eigenvalue weighted by atomic mass is 10.0. The molecule has 0 saturated heterocycles. The highest BCUT2D eigenvalue weighted by Crippen LogP contribution is 2.29. The van der Waals surface area contributed by atoms with Crippen LogP contribution < -0.4 is 0 Å². The summed E-state index contributed by atoms with van der Waals surface area (Å²) in [5, 5.41) is 0. The first-order chi connectivity index (χ1) is 5.27. The van der Waals surface area contributed by atoms with Crippen molar-refractivity contribution >= 4 is 22.9 Å². The predicted molar refractivity (Wildman–Crippen MR) is 50.4 cm³/mol. The number of halogens is 1. The van der Waals surface area contributed by atoms with Gasteiger partial charge in [-0.05, 0) is 18.8 Å². The van der Waals surface area contributed by atoms with E-state index in [1.807, 2.05) is 6.20 Å². The molecule has 0 atom stereocenters. The van der Waals surface area contributed by atoms with Gasteiger partial charge in [-0.1, -0.05) is 25.4 Å². The fraction of sp³-hybridized carbons (Fsp3) is 0.625. The lowest BCUT2D eigenvalue weighted by molar-refractivity contribution is 0.652. The fourth-order valence-corrected chi connectivity index (χ4v) is 2.37. The van der Waals surface area contributed by atoms with Crippen molar-refractivity contribution in [3.63, 3.8) is 0 Å². The monoisotopic (exact) mass is 189 g/mol. The average Bonchev–Trinajstić information content (AvgIpc) is 2.39. The van der Waals surface area contributed by atoms with Crippen molar-refractivity contribution in [2.45, 2.75) is 32.6 Å². The topological polar surface area (TPSA) is 12.9 Å². The molecule has 0 radical (unpaired) electrons. The molecule has 0 amide bonds. The second-order valence-corrected chi connectivity index (χ2v) is 4.17. The highest BCUT2D eigenvalue weighted by molar-refractivity contribution is 7.15. The van der Waals surface area contributed by atoms with Crippen LogP contribution in [0.4, 0.5) is 0 Å². The molecule has 0 aliphatic rings. The largest absolute Gasteiger partial charge is 0.233 e. The standard InChI is InChI=1S/C8H12ClNS/c1-3-6(4-2)7-5-10-8(9)11-7/h5-6H,3-4H2,1-2H3. The third-order valence-corrected chi connectivity index (χ3v) is 3.16. The van der Waals surface area contributed by atoms with Gasteiger partial charge in [0.25, 0.3) is 0 Å². The summed E-state index contributed by atoms with van der Waals surface area (Å²) in [7, 11) is 0. The third-order valence-electron chi connectivity index (χ3n) is 1.88. The molecular formula is C8H12ClNS. The van der Waals surface area contributed by atoms with Crippen molar-refractivity contribution in [2.75, 3.05) is 0 Å². The zero-order valence-electron chi connectivity index (χ0n) is 6.80. The number of hydrogen-bond acceptors (Lipinski definition) is 2. The Morgan fingerprint density at radius 3 is 2.55 bits per heavy atom. The van der Waals surface area contributed by atoms with Crippen LogP contribution in [0.3, 0.4) is 0 Å². The number of thiazole rings is 1. The Morgan fingerprint density at radius 2 is 2.18 bits per heavy atom. The maximum atomic E-state index is 5.73. The normalized spacial score (nSPS) is 10.9. The number of rotatable bonds is 3. The second kappa shape index (κ2) is 4.07. The van der Waals surface area contributed by atoms with E-state index in [-0.39, 0.29) is 0 Å². The first-order valence-electron chi connectivity index (χ1n) is 3.89. The first kappa shape index (κ1) is 9.01. The molecule has 0 N–H and O–H groups in total. The smallest absolute Gasteiger partial charge is 0.183 e. The molecular weight excluding hydrogens is 178 g/mol. The van der Waals surface area contributed by atoms with E-state index in [9.17, 15) is 0 Å². The summed E-state index contributed by atoms with van der Waals surface area (Å²) in [6, 6.07) is 0. The maximum absolute atomic E-state index is 5.73. The first-order valence-corrected chi connectivity index (χ1v) is 5.08. The highest BCUT2D eigenvalue weighted by Gasteiger charge is 2.09. The van der Waals surface area contributed by atoms with Gasteiger partial charge >= 0.3 is 0 Å². The summed E-state index contributed by atoms with van der Waals surface area (Å²) < 4.78 is 0.659. The maximum Gasteiger partial charge on any atom is 0.183 e. The molecule has 0 aliphatic carbocycles. The number of hydrogen-bond donors (Lipinski definition) is 0. The second-order valence-electron chi connectivity index (χ2n) is 2.53. The van der Waals surface area contributed by atoms with Gasteiger partial charge < -0.3 is 0 Å². The van der Waals surface area contributed by atoms with E-state index in [4.69, 9.17) is 11.6 Å². The van der Waals surface area contributed by atoms with Crippen LogP contribution in [0.2, 0.25) is 4.47 Å². The van der Waals surface area contributed by atoms with Crippen molar-refractivity contribution in [1.29, 1.82) is 0 Å². The molecule has 1 heterocycles. The highest BCUT2D eigenvalue weighted by atomic mass is 35.5. The Bertz CT molecular complexity index is 218. The van der Waals surface area contributed by atoms with E-state index in [1.54, 1.807) is 11.3 Å². The van der Waals surface area contributed by atoms with Gasteiger partial charge in [-0.3, -0.25) is 0 Å². The summed E-state index contributed by atoms with van der Waals surface area (Å²) in [6.45, 7) is 4.39. The van der Waals surface area contributed by atoms with Gasteiger partial charge in [0.2, 0.25) is 0 Å². The van der Waals surface area contributed by atoms with Crippen molar-refractivity contribution in [2.24, 2.45) is 0 Å². The molecule has 62 valence electrons. The molecule has 0 saturated carbocycles. The number of nitrogens with zero attached hydrogens (tertiary/aromatic N) is 1. The summed E-state index contributed by atoms with van der Waals surface area (Å²) in [5.74, 6) is 0.653. The van der Waals surface area contributed by atoms with Gasteiger partial charge in [-0.25, -0.2) is 4.98 Å². The fourth-order valence-electron chi connectivity index (χ4n) is 1.14. The minimum atomic E-state index is 0.653. The van der Waals surface area contributed by atoms with Gasteiger partial charge in [0.15, 0.2) is 4.47 Å². The van der Waals surface area contributed by atoms with Crippen molar-refractivity contribution < 1.29 is 0 Å². The molecule has 0 bridgehead atoms. The molecule has 0 fully saturated rings. The zero-order valence-corrected chi connectivity index (χ0v) is 8.37. The number of aromatic nitrogens is 1. The summed E-state index contributed by atoms with van der Waals surface area (Å²) in [5.41, 5.74) is 0. The Labute approximate surface area is 76.4 Å². The van der Waals surface area contributed by atoms with Gasteiger partial charge in [-0.15, -0.1) is 11.3 Å². The third kappa shape index (κ3) is 2.17. The predicted octanol–water partition coefficient (Wildman–Crippen LogP) is 3.70. The van der Waals surface area contributed by atoms with Crippen molar-refractivity contribution in [1.82, 2.24) is 4.98 Å². The van der Waals surface area contributed by atoms with Crippen LogP contribution in [-0.2, 0) is 0 Å². The van der Waals surface area contributed by atoms with Crippen LogP contribution in [-0.4, -0.2) is 4.98 Å². The SMILES string of the molecule is CCC(CC)c1cnc(Cl)s1. The van der Waals surface area contributed by atoms with Gasteiger partial charge in [0, 0.05) is 11.1 Å². The molecule has 1 nitrogen and oxygen atoms in total. The Morgan fingerprint density at radius 1 is 1.55 bits per heavy atom. The van der Waals surface area contributed by atoms with Gasteiger partial charge in [0.05, 0.1) is 0 Å². The summed E-state index contributed by atoms with van der Waals surface area (Å²) >= 11 is 7.33. The van der Waals surface area contributed by atoms with Crippen LogP contribution in [0, 0.1) is 0 Å². The van der Waals surface area contributed by atoms with E-state index in [0.29, 0.717) is 10.4 Å².